The van der Waals surface area contributed by atoms with E-state index in [-0.39, 0.29) is 5.56 Å². The molecule has 5 nitrogen and oxygen atoms in total. The van der Waals surface area contributed by atoms with Crippen LogP contribution < -0.4 is 4.74 Å². The molecule has 0 unspecified atom stereocenters. The van der Waals surface area contributed by atoms with Crippen molar-refractivity contribution in [3.63, 3.8) is 0 Å². The molecule has 0 atom stereocenters. The van der Waals surface area contributed by atoms with Crippen molar-refractivity contribution >= 4 is 5.97 Å². The van der Waals surface area contributed by atoms with Crippen LogP contribution in [0.15, 0.2) is 59.1 Å². The molecular formula is C18H15NO4. The summed E-state index contributed by atoms with van der Waals surface area (Å²) in [5, 5.41) is 8.91. The van der Waals surface area contributed by atoms with Crippen LogP contribution in [0.5, 0.6) is 5.75 Å². The van der Waals surface area contributed by atoms with Gasteiger partial charge in [0.05, 0.1) is 18.4 Å². The predicted molar refractivity (Wildman–Crippen MR) is 85.5 cm³/mol. The minimum absolute atomic E-state index is 0.229. The Kier molecular flexibility index (Phi) is 4.10. The second-order valence-electron chi connectivity index (χ2n) is 4.87. The number of hydrogen-bond acceptors (Lipinski definition) is 4. The number of aromatic nitrogens is 1. The molecule has 0 saturated heterocycles. The van der Waals surface area contributed by atoms with E-state index in [2.05, 4.69) is 4.98 Å². The number of carboxylic acids is 1. The lowest BCUT2D eigenvalue weighted by atomic mass is 10.1. The topological polar surface area (TPSA) is 72.6 Å². The summed E-state index contributed by atoms with van der Waals surface area (Å²) in [4.78, 5) is 15.1. The number of hydrogen-bond donors (Lipinski definition) is 1. The first-order valence-electron chi connectivity index (χ1n) is 7.20. The van der Waals surface area contributed by atoms with Crippen molar-refractivity contribution in [2.45, 2.75) is 6.92 Å². The molecule has 5 heteroatoms. The van der Waals surface area contributed by atoms with Gasteiger partial charge in [-0.1, -0.05) is 0 Å². The van der Waals surface area contributed by atoms with Gasteiger partial charge in [-0.2, -0.15) is 0 Å². The van der Waals surface area contributed by atoms with Gasteiger partial charge in [-0.25, -0.2) is 9.78 Å². The zero-order valence-corrected chi connectivity index (χ0v) is 12.5. The van der Waals surface area contributed by atoms with Crippen molar-refractivity contribution in [1.29, 1.82) is 0 Å². The largest absolute Gasteiger partial charge is 0.494 e. The van der Waals surface area contributed by atoms with Gasteiger partial charge in [0.15, 0.2) is 5.76 Å². The Labute approximate surface area is 133 Å². The lowest BCUT2D eigenvalue weighted by molar-refractivity contribution is 0.0697. The molecule has 0 aliphatic carbocycles. The maximum Gasteiger partial charge on any atom is 0.335 e. The molecule has 23 heavy (non-hydrogen) atoms. The number of rotatable bonds is 5. The summed E-state index contributed by atoms with van der Waals surface area (Å²) in [6, 6.07) is 14.0. The normalized spacial score (nSPS) is 10.5. The molecule has 1 N–H and O–H groups in total. The van der Waals surface area contributed by atoms with Gasteiger partial charge in [-0.05, 0) is 55.5 Å². The quantitative estimate of drug-likeness (QED) is 0.768. The lowest BCUT2D eigenvalue weighted by Crippen LogP contribution is -1.94. The molecular weight excluding hydrogens is 294 g/mol. The Balaban J connectivity index is 1.83. The predicted octanol–water partition coefficient (Wildman–Crippen LogP) is 4.11. The van der Waals surface area contributed by atoms with Gasteiger partial charge < -0.3 is 14.3 Å². The summed E-state index contributed by atoms with van der Waals surface area (Å²) >= 11 is 0. The van der Waals surface area contributed by atoms with E-state index in [1.165, 1.54) is 12.1 Å². The Morgan fingerprint density at radius 1 is 1.09 bits per heavy atom. The standard InChI is InChI=1S/C18H15NO4/c1-2-22-15-9-7-12(8-10-15)16-11-19-17(23-16)13-3-5-14(6-4-13)18(20)21/h3-11H,2H2,1H3,(H,20,21). The van der Waals surface area contributed by atoms with Gasteiger partial charge in [0, 0.05) is 11.1 Å². The Morgan fingerprint density at radius 2 is 1.74 bits per heavy atom. The molecule has 0 fully saturated rings. The van der Waals surface area contributed by atoms with Crippen molar-refractivity contribution in [3.05, 3.63) is 60.3 Å². The van der Waals surface area contributed by atoms with Gasteiger partial charge in [0.1, 0.15) is 5.75 Å². The minimum Gasteiger partial charge on any atom is -0.494 e. The van der Waals surface area contributed by atoms with Gasteiger partial charge in [-0.3, -0.25) is 0 Å². The van der Waals surface area contributed by atoms with Gasteiger partial charge in [0.25, 0.3) is 0 Å². The third-order valence-electron chi connectivity index (χ3n) is 3.33. The molecule has 3 aromatic rings. The van der Waals surface area contributed by atoms with Crippen molar-refractivity contribution in [1.82, 2.24) is 4.98 Å². The van der Waals surface area contributed by atoms with E-state index >= 15 is 0 Å². The highest BCUT2D eigenvalue weighted by Crippen LogP contribution is 2.27. The van der Waals surface area contributed by atoms with E-state index in [0.717, 1.165) is 16.9 Å². The molecule has 1 heterocycles. The second-order valence-corrected chi connectivity index (χ2v) is 4.87. The number of oxazole rings is 1. The van der Waals surface area contributed by atoms with E-state index < -0.39 is 5.97 Å². The average Bonchev–Trinajstić information content (AvgIpc) is 3.06. The summed E-state index contributed by atoms with van der Waals surface area (Å²) < 4.78 is 11.2. The smallest absolute Gasteiger partial charge is 0.335 e. The molecule has 0 aliphatic heterocycles. The SMILES string of the molecule is CCOc1ccc(-c2cnc(-c3ccc(C(=O)O)cc3)o2)cc1. The number of carbonyl (C=O) groups is 1. The highest BCUT2D eigenvalue weighted by atomic mass is 16.5. The van der Waals surface area contributed by atoms with Crippen molar-refractivity contribution in [2.75, 3.05) is 6.61 Å². The molecule has 3 rings (SSSR count). The third-order valence-corrected chi connectivity index (χ3v) is 3.33. The Bertz CT molecular complexity index is 804. The fourth-order valence-corrected chi connectivity index (χ4v) is 2.18. The van der Waals surface area contributed by atoms with Crippen LogP contribution in [-0.4, -0.2) is 22.7 Å². The Morgan fingerprint density at radius 3 is 2.35 bits per heavy atom. The van der Waals surface area contributed by atoms with E-state index in [4.69, 9.17) is 14.3 Å². The monoisotopic (exact) mass is 309 g/mol. The van der Waals surface area contributed by atoms with Crippen LogP contribution in [0, 0.1) is 0 Å². The molecule has 1 aromatic heterocycles. The minimum atomic E-state index is -0.959. The first-order valence-corrected chi connectivity index (χ1v) is 7.20. The summed E-state index contributed by atoms with van der Waals surface area (Å²) in [7, 11) is 0. The zero-order valence-electron chi connectivity index (χ0n) is 12.5. The average molecular weight is 309 g/mol. The lowest BCUT2D eigenvalue weighted by Gasteiger charge is -2.03. The number of ether oxygens (including phenoxy) is 1. The second kappa shape index (κ2) is 6.36. The highest BCUT2D eigenvalue weighted by Gasteiger charge is 2.10. The van der Waals surface area contributed by atoms with Gasteiger partial charge >= 0.3 is 5.97 Å². The highest BCUT2D eigenvalue weighted by molar-refractivity contribution is 5.88. The van der Waals surface area contributed by atoms with Crippen LogP contribution >= 0.6 is 0 Å². The molecule has 0 amide bonds. The van der Waals surface area contributed by atoms with Gasteiger partial charge in [0.2, 0.25) is 5.89 Å². The van der Waals surface area contributed by atoms with E-state index in [1.54, 1.807) is 18.3 Å². The zero-order chi connectivity index (χ0) is 16.2. The van der Waals surface area contributed by atoms with Crippen molar-refractivity contribution < 1.29 is 19.1 Å². The van der Waals surface area contributed by atoms with Crippen LogP contribution in [0.2, 0.25) is 0 Å². The summed E-state index contributed by atoms with van der Waals surface area (Å²) in [6.45, 7) is 2.56. The van der Waals surface area contributed by atoms with Crippen LogP contribution in [-0.2, 0) is 0 Å². The number of aromatic carboxylic acids is 1. The number of carboxylic acid groups (broad SMARTS) is 1. The maximum atomic E-state index is 10.9. The third kappa shape index (κ3) is 3.23. The van der Waals surface area contributed by atoms with Crippen LogP contribution in [0.1, 0.15) is 17.3 Å². The molecule has 0 spiro atoms. The first kappa shape index (κ1) is 14.8. The molecule has 2 aromatic carbocycles. The Hall–Kier alpha value is -3.08. The maximum absolute atomic E-state index is 10.9. The van der Waals surface area contributed by atoms with Crippen LogP contribution in [0.25, 0.3) is 22.8 Å². The fourth-order valence-electron chi connectivity index (χ4n) is 2.18. The van der Waals surface area contributed by atoms with Gasteiger partial charge in [-0.15, -0.1) is 0 Å². The van der Waals surface area contributed by atoms with E-state index in [9.17, 15) is 4.79 Å². The number of benzene rings is 2. The molecule has 0 saturated carbocycles. The molecule has 0 bridgehead atoms. The summed E-state index contributed by atoms with van der Waals surface area (Å²) in [5.41, 5.74) is 1.86. The fraction of sp³-hybridized carbons (Fsp3) is 0.111. The molecule has 116 valence electrons. The summed E-state index contributed by atoms with van der Waals surface area (Å²) in [5.74, 6) is 0.940. The van der Waals surface area contributed by atoms with Crippen LogP contribution in [0.4, 0.5) is 0 Å². The number of nitrogens with zero attached hydrogens (tertiary/aromatic N) is 1. The van der Waals surface area contributed by atoms with E-state index in [1.807, 2.05) is 31.2 Å². The molecule has 0 radical (unpaired) electrons. The van der Waals surface area contributed by atoms with E-state index in [0.29, 0.717) is 18.3 Å². The molecule has 0 aliphatic rings. The van der Waals surface area contributed by atoms with Crippen molar-refractivity contribution in [3.8, 4) is 28.5 Å². The van der Waals surface area contributed by atoms with Crippen molar-refractivity contribution in [2.24, 2.45) is 0 Å². The first-order chi connectivity index (χ1) is 11.2. The van der Waals surface area contributed by atoms with Crippen LogP contribution in [0.3, 0.4) is 0 Å². The summed E-state index contributed by atoms with van der Waals surface area (Å²) in [6.07, 6.45) is 1.65.